The minimum atomic E-state index is -0.620. The molecule has 0 aliphatic carbocycles. The SMILES string of the molecule is Cc1cc(CNCCc2cccnc2)ccc1Oc1cnc(C(N)=O)cn1. The van der Waals surface area contributed by atoms with Gasteiger partial charge in [0, 0.05) is 18.9 Å². The van der Waals surface area contributed by atoms with Gasteiger partial charge in [-0.25, -0.2) is 9.97 Å². The molecule has 138 valence electrons. The highest BCUT2D eigenvalue weighted by molar-refractivity contribution is 5.90. The molecule has 0 saturated carbocycles. The van der Waals surface area contributed by atoms with Gasteiger partial charge in [0.05, 0.1) is 12.4 Å². The highest BCUT2D eigenvalue weighted by Crippen LogP contribution is 2.24. The number of hydrogen-bond donors (Lipinski definition) is 2. The second-order valence-corrected chi connectivity index (χ2v) is 6.09. The number of aromatic nitrogens is 3. The van der Waals surface area contributed by atoms with Crippen LogP contribution in [0.2, 0.25) is 0 Å². The molecule has 1 aromatic carbocycles. The van der Waals surface area contributed by atoms with Gasteiger partial charge in [-0.15, -0.1) is 0 Å². The first kappa shape index (κ1) is 18.5. The molecule has 0 radical (unpaired) electrons. The van der Waals surface area contributed by atoms with Gasteiger partial charge in [0.1, 0.15) is 11.4 Å². The van der Waals surface area contributed by atoms with Gasteiger partial charge < -0.3 is 15.8 Å². The van der Waals surface area contributed by atoms with Crippen molar-refractivity contribution < 1.29 is 9.53 Å². The summed E-state index contributed by atoms with van der Waals surface area (Å²) in [6.45, 7) is 3.62. The van der Waals surface area contributed by atoms with Crippen molar-refractivity contribution in [1.29, 1.82) is 0 Å². The lowest BCUT2D eigenvalue weighted by atomic mass is 10.1. The Labute approximate surface area is 157 Å². The van der Waals surface area contributed by atoms with Crippen LogP contribution in [0.5, 0.6) is 11.6 Å². The molecule has 0 aliphatic heterocycles. The number of nitrogens with zero attached hydrogens (tertiary/aromatic N) is 3. The van der Waals surface area contributed by atoms with Crippen LogP contribution in [-0.2, 0) is 13.0 Å². The van der Waals surface area contributed by atoms with E-state index in [2.05, 4.69) is 32.4 Å². The van der Waals surface area contributed by atoms with E-state index in [0.29, 0.717) is 11.6 Å². The minimum Gasteiger partial charge on any atom is -0.437 e. The van der Waals surface area contributed by atoms with E-state index in [9.17, 15) is 4.79 Å². The van der Waals surface area contributed by atoms with E-state index in [1.54, 1.807) is 6.20 Å². The van der Waals surface area contributed by atoms with E-state index in [1.165, 1.54) is 23.5 Å². The van der Waals surface area contributed by atoms with Crippen LogP contribution >= 0.6 is 0 Å². The van der Waals surface area contributed by atoms with Crippen LogP contribution in [0.1, 0.15) is 27.2 Å². The standard InChI is InChI=1S/C20H21N5O2/c1-14-9-16(11-23-8-6-15-3-2-7-22-10-15)4-5-18(14)27-19-13-24-17(12-25-19)20(21)26/h2-5,7,9-10,12-13,23H,6,8,11H2,1H3,(H2,21,26). The molecular weight excluding hydrogens is 342 g/mol. The smallest absolute Gasteiger partial charge is 0.268 e. The molecular formula is C20H21N5O2. The van der Waals surface area contributed by atoms with E-state index in [0.717, 1.165) is 25.1 Å². The van der Waals surface area contributed by atoms with Crippen molar-refractivity contribution in [3.8, 4) is 11.6 Å². The number of pyridine rings is 1. The Balaban J connectivity index is 1.53. The monoisotopic (exact) mass is 363 g/mol. The average molecular weight is 363 g/mol. The van der Waals surface area contributed by atoms with Crippen LogP contribution in [-0.4, -0.2) is 27.4 Å². The fraction of sp³-hybridized carbons (Fsp3) is 0.200. The highest BCUT2D eigenvalue weighted by Gasteiger charge is 2.07. The fourth-order valence-electron chi connectivity index (χ4n) is 2.56. The zero-order valence-electron chi connectivity index (χ0n) is 15.1. The number of nitrogens with two attached hydrogens (primary N) is 1. The Kier molecular flexibility index (Phi) is 6.06. The average Bonchev–Trinajstić information content (AvgIpc) is 2.68. The summed E-state index contributed by atoms with van der Waals surface area (Å²) in [4.78, 5) is 23.1. The summed E-state index contributed by atoms with van der Waals surface area (Å²) in [5, 5.41) is 3.43. The van der Waals surface area contributed by atoms with Gasteiger partial charge in [0.2, 0.25) is 5.88 Å². The van der Waals surface area contributed by atoms with E-state index in [-0.39, 0.29) is 5.69 Å². The second kappa shape index (κ2) is 8.86. The minimum absolute atomic E-state index is 0.103. The van der Waals surface area contributed by atoms with Gasteiger partial charge in [-0.05, 0) is 48.7 Å². The molecule has 2 heterocycles. The number of carbonyl (C=O) groups is 1. The molecule has 3 rings (SSSR count). The molecule has 7 heteroatoms. The molecule has 27 heavy (non-hydrogen) atoms. The van der Waals surface area contributed by atoms with Crippen molar-refractivity contribution >= 4 is 5.91 Å². The largest absolute Gasteiger partial charge is 0.437 e. The van der Waals surface area contributed by atoms with E-state index >= 15 is 0 Å². The van der Waals surface area contributed by atoms with Crippen LogP contribution in [0.3, 0.4) is 0 Å². The predicted molar refractivity (Wildman–Crippen MR) is 101 cm³/mol. The van der Waals surface area contributed by atoms with E-state index < -0.39 is 5.91 Å². The molecule has 0 aliphatic rings. The maximum Gasteiger partial charge on any atom is 0.268 e. The third-order valence-corrected chi connectivity index (χ3v) is 3.98. The van der Waals surface area contributed by atoms with Crippen molar-refractivity contribution in [3.63, 3.8) is 0 Å². The number of rotatable bonds is 8. The van der Waals surface area contributed by atoms with Crippen molar-refractivity contribution in [1.82, 2.24) is 20.3 Å². The molecule has 0 spiro atoms. The first-order valence-electron chi connectivity index (χ1n) is 8.60. The van der Waals surface area contributed by atoms with Gasteiger partial charge in [0.25, 0.3) is 5.91 Å². The summed E-state index contributed by atoms with van der Waals surface area (Å²) >= 11 is 0. The molecule has 0 fully saturated rings. The van der Waals surface area contributed by atoms with Crippen molar-refractivity contribution in [2.45, 2.75) is 19.9 Å². The summed E-state index contributed by atoms with van der Waals surface area (Å²) in [7, 11) is 0. The van der Waals surface area contributed by atoms with Gasteiger partial charge >= 0.3 is 0 Å². The van der Waals surface area contributed by atoms with Crippen LogP contribution in [0.25, 0.3) is 0 Å². The van der Waals surface area contributed by atoms with Crippen LogP contribution < -0.4 is 15.8 Å². The van der Waals surface area contributed by atoms with Crippen LogP contribution in [0, 0.1) is 6.92 Å². The summed E-state index contributed by atoms with van der Waals surface area (Å²) in [6, 6.07) is 9.99. The Morgan fingerprint density at radius 2 is 2.04 bits per heavy atom. The third kappa shape index (κ3) is 5.32. The second-order valence-electron chi connectivity index (χ2n) is 6.09. The summed E-state index contributed by atoms with van der Waals surface area (Å²) in [5.41, 5.74) is 8.62. The zero-order valence-corrected chi connectivity index (χ0v) is 15.1. The highest BCUT2D eigenvalue weighted by atomic mass is 16.5. The Morgan fingerprint density at radius 1 is 1.15 bits per heavy atom. The summed E-state index contributed by atoms with van der Waals surface area (Å²) < 4.78 is 5.73. The number of primary amides is 1. The lowest BCUT2D eigenvalue weighted by Gasteiger charge is -2.10. The quantitative estimate of drug-likeness (QED) is 0.596. The molecule has 3 N–H and O–H groups in total. The van der Waals surface area contributed by atoms with E-state index in [1.807, 2.05) is 31.3 Å². The summed E-state index contributed by atoms with van der Waals surface area (Å²) in [6.07, 6.45) is 7.28. The van der Waals surface area contributed by atoms with E-state index in [4.69, 9.17) is 10.5 Å². The fourth-order valence-corrected chi connectivity index (χ4v) is 2.56. The third-order valence-electron chi connectivity index (χ3n) is 3.98. The molecule has 2 aromatic heterocycles. The number of hydrogen-bond acceptors (Lipinski definition) is 6. The number of amides is 1. The van der Waals surface area contributed by atoms with Crippen LogP contribution in [0.15, 0.2) is 55.1 Å². The molecule has 3 aromatic rings. The van der Waals surface area contributed by atoms with Crippen LogP contribution in [0.4, 0.5) is 0 Å². The Hall–Kier alpha value is -3.32. The van der Waals surface area contributed by atoms with Crippen molar-refractivity contribution in [2.24, 2.45) is 5.73 Å². The number of ether oxygens (including phenoxy) is 1. The normalized spacial score (nSPS) is 10.6. The first-order valence-corrected chi connectivity index (χ1v) is 8.60. The van der Waals surface area contributed by atoms with Gasteiger partial charge in [-0.2, -0.15) is 0 Å². The molecule has 0 saturated heterocycles. The maximum absolute atomic E-state index is 11.0. The van der Waals surface area contributed by atoms with Gasteiger partial charge in [0.15, 0.2) is 0 Å². The molecule has 1 amide bonds. The number of benzene rings is 1. The lowest BCUT2D eigenvalue weighted by molar-refractivity contribution is 0.0995. The Bertz CT molecular complexity index is 898. The topological polar surface area (TPSA) is 103 Å². The maximum atomic E-state index is 11.0. The molecule has 0 bridgehead atoms. The number of nitrogens with one attached hydrogen (secondary N) is 1. The first-order chi connectivity index (χ1) is 13.1. The molecule has 7 nitrogen and oxygen atoms in total. The van der Waals surface area contributed by atoms with Crippen molar-refractivity contribution in [3.05, 3.63) is 77.5 Å². The zero-order chi connectivity index (χ0) is 19.1. The lowest BCUT2D eigenvalue weighted by Crippen LogP contribution is -2.16. The molecule has 0 unspecified atom stereocenters. The van der Waals surface area contributed by atoms with Gasteiger partial charge in [-0.1, -0.05) is 18.2 Å². The van der Waals surface area contributed by atoms with Crippen molar-refractivity contribution in [2.75, 3.05) is 6.54 Å². The predicted octanol–water partition coefficient (Wildman–Crippen LogP) is 2.40. The molecule has 0 atom stereocenters. The number of carbonyl (C=O) groups excluding carboxylic acids is 1. The Morgan fingerprint density at radius 3 is 2.70 bits per heavy atom. The van der Waals surface area contributed by atoms with Gasteiger partial charge in [-0.3, -0.25) is 9.78 Å². The number of aryl methyl sites for hydroxylation is 1. The summed E-state index contributed by atoms with van der Waals surface area (Å²) in [5.74, 6) is 0.381.